The minimum absolute atomic E-state index is 0.00669. The molecule has 1 aromatic carbocycles. The average molecular weight is 388 g/mol. The number of hydrogen-bond donors (Lipinski definition) is 2. The molecule has 0 aliphatic carbocycles. The quantitative estimate of drug-likeness (QED) is 0.692. The van der Waals surface area contributed by atoms with Crippen molar-refractivity contribution < 1.29 is 8.42 Å². The molecule has 0 atom stereocenters. The van der Waals surface area contributed by atoms with Gasteiger partial charge in [-0.2, -0.15) is 9.29 Å². The number of sulfonamides is 1. The molecule has 1 aliphatic heterocycles. The maximum Gasteiger partial charge on any atom is 0.280 e. The van der Waals surface area contributed by atoms with Gasteiger partial charge in [0, 0.05) is 18.8 Å². The van der Waals surface area contributed by atoms with Crippen molar-refractivity contribution in [2.75, 3.05) is 18.8 Å². The minimum atomic E-state index is -3.51. The lowest BCUT2D eigenvalue weighted by Gasteiger charge is -2.29. The van der Waals surface area contributed by atoms with E-state index in [1.165, 1.54) is 10.6 Å². The molecule has 1 saturated heterocycles. The predicted octanol–water partition coefficient (Wildman–Crippen LogP) is 1.11. The highest BCUT2D eigenvalue weighted by atomic mass is 32.2. The van der Waals surface area contributed by atoms with Crippen molar-refractivity contribution in [2.24, 2.45) is 5.92 Å². The third-order valence-corrected chi connectivity index (χ3v) is 6.83. The Kier molecular flexibility index (Phi) is 4.23. The van der Waals surface area contributed by atoms with E-state index in [0.717, 1.165) is 12.8 Å². The zero-order valence-electron chi connectivity index (χ0n) is 14.8. The second-order valence-corrected chi connectivity index (χ2v) is 8.76. The normalized spacial score (nSPS) is 16.8. The summed E-state index contributed by atoms with van der Waals surface area (Å²) in [5.74, 6) is 0.546. The molecular formula is C17H20N6O3S. The smallest absolute Gasteiger partial charge is 0.280 e. The van der Waals surface area contributed by atoms with Crippen LogP contribution in [0.5, 0.6) is 0 Å². The number of hydrogen-bond acceptors (Lipinski definition) is 6. The zero-order valence-corrected chi connectivity index (χ0v) is 15.6. The highest BCUT2D eigenvalue weighted by Crippen LogP contribution is 2.24. The number of piperidine rings is 1. The van der Waals surface area contributed by atoms with Crippen LogP contribution in [0.15, 0.2) is 40.3 Å². The van der Waals surface area contributed by atoms with Gasteiger partial charge in [0.1, 0.15) is 6.33 Å². The molecule has 0 saturated carbocycles. The van der Waals surface area contributed by atoms with E-state index in [1.54, 1.807) is 28.8 Å². The van der Waals surface area contributed by atoms with Crippen LogP contribution in [-0.2, 0) is 10.0 Å². The number of benzene rings is 1. The lowest BCUT2D eigenvalue weighted by atomic mass is 10.0. The Hall–Kier alpha value is -2.72. The molecule has 0 bridgehead atoms. The molecule has 1 fully saturated rings. The third kappa shape index (κ3) is 3.10. The van der Waals surface area contributed by atoms with E-state index < -0.39 is 15.6 Å². The number of nitrogens with two attached hydrogens (primary N) is 1. The Morgan fingerprint density at radius 3 is 2.52 bits per heavy atom. The van der Waals surface area contributed by atoms with Crippen molar-refractivity contribution in [1.29, 1.82) is 0 Å². The number of rotatable bonds is 3. The first-order valence-corrected chi connectivity index (χ1v) is 10.1. The van der Waals surface area contributed by atoms with E-state index in [-0.39, 0.29) is 16.4 Å². The summed E-state index contributed by atoms with van der Waals surface area (Å²) in [7, 11) is -3.51. The van der Waals surface area contributed by atoms with Crippen LogP contribution in [0, 0.1) is 5.92 Å². The first kappa shape index (κ1) is 17.7. The molecule has 9 nitrogen and oxygen atoms in total. The van der Waals surface area contributed by atoms with Crippen molar-refractivity contribution >= 4 is 27.1 Å². The van der Waals surface area contributed by atoms with Crippen molar-refractivity contribution in [1.82, 2.24) is 23.8 Å². The summed E-state index contributed by atoms with van der Waals surface area (Å²) in [6.07, 6.45) is 3.21. The van der Waals surface area contributed by atoms with Crippen LogP contribution in [0.4, 0.5) is 5.95 Å². The van der Waals surface area contributed by atoms with Gasteiger partial charge in [-0.3, -0.25) is 14.3 Å². The molecule has 3 N–H and O–H groups in total. The Morgan fingerprint density at radius 1 is 1.19 bits per heavy atom. The van der Waals surface area contributed by atoms with Gasteiger partial charge in [0.15, 0.2) is 11.2 Å². The molecule has 0 radical (unpaired) electrons. The van der Waals surface area contributed by atoms with Gasteiger partial charge in [-0.25, -0.2) is 13.4 Å². The summed E-state index contributed by atoms with van der Waals surface area (Å²) in [5.41, 5.74) is 6.32. The standard InChI is InChI=1S/C17H20N6O3S/c1-11-6-8-22(9-7-11)27(25,26)13-4-2-12(3-5-13)23-10-19-14-15(23)20-17(18)21-16(14)24/h2-5,10-11H,6-9H2,1H3,(H3,18,20,21,24). The van der Waals surface area contributed by atoms with Gasteiger partial charge in [0.05, 0.1) is 4.90 Å². The predicted molar refractivity (Wildman–Crippen MR) is 101 cm³/mol. The molecule has 0 unspecified atom stereocenters. The lowest BCUT2D eigenvalue weighted by molar-refractivity contribution is 0.288. The number of nitrogen functional groups attached to an aromatic ring is 1. The fraction of sp³-hybridized carbons (Fsp3) is 0.353. The van der Waals surface area contributed by atoms with Crippen molar-refractivity contribution in [3.05, 3.63) is 40.9 Å². The number of fused-ring (bicyclic) bond motifs is 1. The summed E-state index contributed by atoms with van der Waals surface area (Å²) < 4.78 is 28.8. The molecule has 2 aromatic heterocycles. The maximum absolute atomic E-state index is 12.8. The SMILES string of the molecule is CC1CCN(S(=O)(=O)c2ccc(-n3cnc4c(=O)[nH]c(N)nc43)cc2)CC1. The van der Waals surface area contributed by atoms with Crippen molar-refractivity contribution in [3.63, 3.8) is 0 Å². The molecule has 10 heteroatoms. The zero-order chi connectivity index (χ0) is 19.2. The number of nitrogens with zero attached hydrogens (tertiary/aromatic N) is 4. The third-order valence-electron chi connectivity index (χ3n) is 4.92. The van der Waals surface area contributed by atoms with Gasteiger partial charge in [0.2, 0.25) is 16.0 Å². The van der Waals surface area contributed by atoms with Gasteiger partial charge in [0.25, 0.3) is 5.56 Å². The Morgan fingerprint density at radius 2 is 1.85 bits per heavy atom. The maximum atomic E-state index is 12.8. The number of aromatic nitrogens is 4. The van der Waals surface area contributed by atoms with Gasteiger partial charge >= 0.3 is 0 Å². The summed E-state index contributed by atoms with van der Waals surface area (Å²) in [6.45, 7) is 3.23. The van der Waals surface area contributed by atoms with Gasteiger partial charge < -0.3 is 5.73 Å². The van der Waals surface area contributed by atoms with Gasteiger partial charge in [-0.05, 0) is 43.0 Å². The second kappa shape index (κ2) is 6.46. The first-order chi connectivity index (χ1) is 12.9. The van der Waals surface area contributed by atoms with E-state index in [2.05, 4.69) is 21.9 Å². The Bertz CT molecular complexity index is 1140. The summed E-state index contributed by atoms with van der Waals surface area (Å²) in [6, 6.07) is 6.45. The van der Waals surface area contributed by atoms with Gasteiger partial charge in [-0.15, -0.1) is 0 Å². The molecule has 27 heavy (non-hydrogen) atoms. The average Bonchev–Trinajstić information content (AvgIpc) is 3.06. The summed E-state index contributed by atoms with van der Waals surface area (Å²) >= 11 is 0. The van der Waals surface area contributed by atoms with Crippen LogP contribution in [0.3, 0.4) is 0 Å². The van der Waals surface area contributed by atoms with Crippen LogP contribution in [0.1, 0.15) is 19.8 Å². The molecule has 0 amide bonds. The molecular weight excluding hydrogens is 368 g/mol. The van der Waals surface area contributed by atoms with E-state index in [1.807, 2.05) is 0 Å². The van der Waals surface area contributed by atoms with E-state index in [0.29, 0.717) is 30.3 Å². The molecule has 0 spiro atoms. The molecule has 3 heterocycles. The molecule has 142 valence electrons. The van der Waals surface area contributed by atoms with E-state index >= 15 is 0 Å². The topological polar surface area (TPSA) is 127 Å². The van der Waals surface area contributed by atoms with Crippen LogP contribution in [0.25, 0.3) is 16.9 Å². The van der Waals surface area contributed by atoms with Crippen LogP contribution in [-0.4, -0.2) is 45.3 Å². The van der Waals surface area contributed by atoms with Gasteiger partial charge in [-0.1, -0.05) is 6.92 Å². The highest BCUT2D eigenvalue weighted by Gasteiger charge is 2.28. The fourth-order valence-electron chi connectivity index (χ4n) is 3.27. The van der Waals surface area contributed by atoms with Crippen LogP contribution < -0.4 is 11.3 Å². The van der Waals surface area contributed by atoms with E-state index in [9.17, 15) is 13.2 Å². The molecule has 3 aromatic rings. The number of H-pyrrole nitrogens is 1. The van der Waals surface area contributed by atoms with Crippen LogP contribution in [0.2, 0.25) is 0 Å². The minimum Gasteiger partial charge on any atom is -0.369 e. The summed E-state index contributed by atoms with van der Waals surface area (Å²) in [5, 5.41) is 0. The molecule has 1 aliphatic rings. The number of aromatic amines is 1. The number of imidazole rings is 1. The van der Waals surface area contributed by atoms with Crippen molar-refractivity contribution in [3.8, 4) is 5.69 Å². The highest BCUT2D eigenvalue weighted by molar-refractivity contribution is 7.89. The largest absolute Gasteiger partial charge is 0.369 e. The Labute approximate surface area is 155 Å². The fourth-order valence-corrected chi connectivity index (χ4v) is 4.74. The number of nitrogens with one attached hydrogen (secondary N) is 1. The van der Waals surface area contributed by atoms with Crippen LogP contribution >= 0.6 is 0 Å². The monoisotopic (exact) mass is 388 g/mol. The number of anilines is 1. The Balaban J connectivity index is 1.68. The van der Waals surface area contributed by atoms with Crippen molar-refractivity contribution in [2.45, 2.75) is 24.7 Å². The lowest BCUT2D eigenvalue weighted by Crippen LogP contribution is -2.37. The first-order valence-electron chi connectivity index (χ1n) is 8.69. The molecule has 4 rings (SSSR count). The second-order valence-electron chi connectivity index (χ2n) is 6.82. The summed E-state index contributed by atoms with van der Waals surface area (Å²) in [4.78, 5) is 22.7. The van der Waals surface area contributed by atoms with E-state index in [4.69, 9.17) is 5.73 Å².